The molecule has 6 heteroatoms. The van der Waals surface area contributed by atoms with Crippen LogP contribution >= 0.6 is 27.3 Å². The Labute approximate surface area is 107 Å². The Bertz CT molecular complexity index is 435. The van der Waals surface area contributed by atoms with Crippen LogP contribution in [0.5, 0.6) is 0 Å². The van der Waals surface area contributed by atoms with E-state index in [1.165, 1.54) is 18.3 Å². The van der Waals surface area contributed by atoms with E-state index < -0.39 is 4.32 Å². The van der Waals surface area contributed by atoms with E-state index in [1.807, 2.05) is 0 Å². The van der Waals surface area contributed by atoms with Crippen molar-refractivity contribution in [3.63, 3.8) is 0 Å². The maximum absolute atomic E-state index is 11.6. The molecule has 0 aliphatic carbocycles. The third-order valence-corrected chi connectivity index (χ3v) is 3.41. The van der Waals surface area contributed by atoms with Crippen LogP contribution in [-0.2, 0) is 4.79 Å². The molecule has 1 amide bonds. The summed E-state index contributed by atoms with van der Waals surface area (Å²) in [4.78, 5) is 27.6. The molecule has 0 unspecified atom stereocenters. The molecule has 1 aromatic heterocycles. The van der Waals surface area contributed by atoms with Gasteiger partial charge in [-0.3, -0.25) is 9.59 Å². The zero-order valence-corrected chi connectivity index (χ0v) is 12.0. The number of hydrogen-bond acceptors (Lipinski definition) is 4. The van der Waals surface area contributed by atoms with Crippen LogP contribution < -0.4 is 5.32 Å². The zero-order valence-electron chi connectivity index (χ0n) is 9.55. The van der Waals surface area contributed by atoms with Gasteiger partial charge >= 0.3 is 0 Å². The number of hydrogen-bond donors (Lipinski definition) is 1. The van der Waals surface area contributed by atoms with Gasteiger partial charge in [-0.15, -0.1) is 0 Å². The van der Waals surface area contributed by atoms with Crippen LogP contribution in [0.25, 0.3) is 0 Å². The molecule has 1 aromatic rings. The van der Waals surface area contributed by atoms with E-state index in [4.69, 9.17) is 0 Å². The molecule has 0 saturated heterocycles. The Balaban J connectivity index is 2.88. The Morgan fingerprint density at radius 3 is 2.38 bits per heavy atom. The van der Waals surface area contributed by atoms with Crippen LogP contribution in [0.1, 0.15) is 36.1 Å². The van der Waals surface area contributed by atoms with E-state index in [-0.39, 0.29) is 11.7 Å². The molecule has 0 aliphatic rings. The highest BCUT2D eigenvalue weighted by Crippen LogP contribution is 2.25. The third-order valence-electron chi connectivity index (χ3n) is 1.88. The smallest absolute Gasteiger partial charge is 0.242 e. The number of rotatable bonds is 3. The molecular weight excluding hydrogens is 292 g/mol. The van der Waals surface area contributed by atoms with Gasteiger partial charge in [-0.25, -0.2) is 4.98 Å². The average molecular weight is 305 g/mol. The second-order valence-corrected chi connectivity index (χ2v) is 6.90. The molecule has 4 nitrogen and oxygen atoms in total. The average Bonchev–Trinajstić information content (AvgIpc) is 2.45. The van der Waals surface area contributed by atoms with Crippen molar-refractivity contribution in [2.45, 2.75) is 32.0 Å². The minimum atomic E-state index is -0.650. The van der Waals surface area contributed by atoms with E-state index in [0.29, 0.717) is 15.7 Å². The van der Waals surface area contributed by atoms with Crippen LogP contribution in [0.2, 0.25) is 0 Å². The van der Waals surface area contributed by atoms with E-state index in [1.54, 1.807) is 20.8 Å². The first-order chi connectivity index (χ1) is 7.21. The molecule has 16 heavy (non-hydrogen) atoms. The van der Waals surface area contributed by atoms with E-state index in [9.17, 15) is 9.59 Å². The number of amides is 1. The van der Waals surface area contributed by atoms with Gasteiger partial charge in [-0.1, -0.05) is 27.3 Å². The molecule has 1 N–H and O–H groups in total. The van der Waals surface area contributed by atoms with Crippen LogP contribution in [0.4, 0.5) is 5.13 Å². The van der Waals surface area contributed by atoms with Crippen molar-refractivity contribution in [1.82, 2.24) is 4.98 Å². The SMILES string of the molecule is CC(=O)c1sc(NC(=O)C(C)(C)Br)nc1C. The molecule has 0 fully saturated rings. The van der Waals surface area contributed by atoms with Crippen molar-refractivity contribution in [2.75, 3.05) is 5.32 Å². The highest BCUT2D eigenvalue weighted by molar-refractivity contribution is 9.10. The Kier molecular flexibility index (Phi) is 3.85. The largest absolute Gasteiger partial charge is 0.301 e. The van der Waals surface area contributed by atoms with Gasteiger partial charge < -0.3 is 5.32 Å². The molecule has 88 valence electrons. The number of nitrogens with zero attached hydrogens (tertiary/aromatic N) is 1. The summed E-state index contributed by atoms with van der Waals surface area (Å²) in [7, 11) is 0. The summed E-state index contributed by atoms with van der Waals surface area (Å²) >= 11 is 4.45. The van der Waals surface area contributed by atoms with Crippen LogP contribution in [-0.4, -0.2) is 21.0 Å². The molecule has 0 saturated carbocycles. The lowest BCUT2D eigenvalue weighted by atomic mass is 10.2. The number of carbonyl (C=O) groups is 2. The normalized spacial score (nSPS) is 11.3. The number of aryl methyl sites for hydroxylation is 1. The molecule has 0 spiro atoms. The van der Waals surface area contributed by atoms with Crippen molar-refractivity contribution < 1.29 is 9.59 Å². The minimum Gasteiger partial charge on any atom is -0.301 e. The Morgan fingerprint density at radius 1 is 1.44 bits per heavy atom. The third kappa shape index (κ3) is 3.12. The van der Waals surface area contributed by atoms with Crippen molar-refractivity contribution >= 4 is 44.1 Å². The summed E-state index contributed by atoms with van der Waals surface area (Å²) in [6.45, 7) is 6.73. The molecule has 0 aliphatic heterocycles. The van der Waals surface area contributed by atoms with Gasteiger partial charge in [0.1, 0.15) is 0 Å². The maximum Gasteiger partial charge on any atom is 0.242 e. The van der Waals surface area contributed by atoms with Gasteiger partial charge in [-0.05, 0) is 20.8 Å². The highest BCUT2D eigenvalue weighted by Gasteiger charge is 2.25. The summed E-state index contributed by atoms with van der Waals surface area (Å²) in [6, 6.07) is 0. The van der Waals surface area contributed by atoms with Crippen molar-refractivity contribution in [3.8, 4) is 0 Å². The molecule has 1 rings (SSSR count). The van der Waals surface area contributed by atoms with Gasteiger partial charge in [0.2, 0.25) is 5.91 Å². The molecule has 0 aromatic carbocycles. The standard InChI is InChI=1S/C10H13BrN2O2S/c1-5-7(6(2)14)16-9(12-5)13-8(15)10(3,4)11/h1-4H3,(H,12,13,15). The fraction of sp³-hybridized carbons (Fsp3) is 0.500. The molecule has 0 bridgehead atoms. The minimum absolute atomic E-state index is 0.0337. The first-order valence-electron chi connectivity index (χ1n) is 4.70. The monoisotopic (exact) mass is 304 g/mol. The summed E-state index contributed by atoms with van der Waals surface area (Å²) in [5, 5.41) is 3.13. The Hall–Kier alpha value is -0.750. The number of carbonyl (C=O) groups excluding carboxylic acids is 2. The van der Waals surface area contributed by atoms with Crippen LogP contribution in [0.3, 0.4) is 0 Å². The number of thiazole rings is 1. The van der Waals surface area contributed by atoms with Gasteiger partial charge in [0.15, 0.2) is 10.9 Å². The van der Waals surface area contributed by atoms with Crippen LogP contribution in [0.15, 0.2) is 0 Å². The van der Waals surface area contributed by atoms with E-state index in [0.717, 1.165) is 0 Å². The first-order valence-corrected chi connectivity index (χ1v) is 6.31. The predicted octanol–water partition coefficient (Wildman–Crippen LogP) is 2.77. The number of nitrogens with one attached hydrogen (secondary N) is 1. The maximum atomic E-state index is 11.6. The van der Waals surface area contributed by atoms with E-state index >= 15 is 0 Å². The van der Waals surface area contributed by atoms with E-state index in [2.05, 4.69) is 26.2 Å². The van der Waals surface area contributed by atoms with Crippen molar-refractivity contribution in [1.29, 1.82) is 0 Å². The number of halogens is 1. The second kappa shape index (κ2) is 4.63. The Morgan fingerprint density at radius 2 is 2.00 bits per heavy atom. The van der Waals surface area contributed by atoms with Gasteiger partial charge in [0.05, 0.1) is 14.9 Å². The highest BCUT2D eigenvalue weighted by atomic mass is 79.9. The molecule has 0 atom stereocenters. The fourth-order valence-electron chi connectivity index (χ4n) is 1.02. The van der Waals surface area contributed by atoms with Crippen molar-refractivity contribution in [3.05, 3.63) is 10.6 Å². The predicted molar refractivity (Wildman–Crippen MR) is 68.5 cm³/mol. The van der Waals surface area contributed by atoms with Crippen LogP contribution in [0, 0.1) is 6.92 Å². The lowest BCUT2D eigenvalue weighted by Gasteiger charge is -2.13. The number of aromatic nitrogens is 1. The zero-order chi connectivity index (χ0) is 12.5. The van der Waals surface area contributed by atoms with Gasteiger partial charge in [0, 0.05) is 6.92 Å². The number of Topliss-reactive ketones (excluding diaryl/α,β-unsaturated/α-hetero) is 1. The van der Waals surface area contributed by atoms with Gasteiger partial charge in [0.25, 0.3) is 0 Å². The number of alkyl halides is 1. The van der Waals surface area contributed by atoms with Crippen molar-refractivity contribution in [2.24, 2.45) is 0 Å². The second-order valence-electron chi connectivity index (χ2n) is 3.92. The topological polar surface area (TPSA) is 59.1 Å². The molecule has 1 heterocycles. The summed E-state index contributed by atoms with van der Waals surface area (Å²) in [5.41, 5.74) is 0.653. The number of ketones is 1. The number of anilines is 1. The summed E-state index contributed by atoms with van der Waals surface area (Å²) in [5.74, 6) is -0.218. The first kappa shape index (κ1) is 13.3. The summed E-state index contributed by atoms with van der Waals surface area (Å²) < 4.78 is -0.650. The quantitative estimate of drug-likeness (QED) is 0.690. The lowest BCUT2D eigenvalue weighted by Crippen LogP contribution is -2.30. The lowest BCUT2D eigenvalue weighted by molar-refractivity contribution is -0.117. The molecule has 0 radical (unpaired) electrons. The van der Waals surface area contributed by atoms with Gasteiger partial charge in [-0.2, -0.15) is 0 Å². The summed E-state index contributed by atoms with van der Waals surface area (Å²) in [6.07, 6.45) is 0. The fourth-order valence-corrected chi connectivity index (χ4v) is 1.98. The molecular formula is C10H13BrN2O2S.